The minimum Gasteiger partial charge on any atom is -0.462 e. The number of hydrogen-bond acceptors (Lipinski definition) is 6. The van der Waals surface area contributed by atoms with Gasteiger partial charge in [0.15, 0.2) is 0 Å². The van der Waals surface area contributed by atoms with Gasteiger partial charge in [-0.3, -0.25) is 19.7 Å². The van der Waals surface area contributed by atoms with E-state index >= 15 is 0 Å². The van der Waals surface area contributed by atoms with Crippen LogP contribution in [0.25, 0.3) is 0 Å². The maximum Gasteiger partial charge on any atom is 0.338 e. The summed E-state index contributed by atoms with van der Waals surface area (Å²) in [5.41, 5.74) is 1.49. The summed E-state index contributed by atoms with van der Waals surface area (Å²) in [6, 6.07) is 19.5. The number of carbonyl (C=O) groups is 3. The summed E-state index contributed by atoms with van der Waals surface area (Å²) >= 11 is 0. The SMILES string of the molecule is CCOC(=O)c1cc(C(=O)Nc2ccc(CC(=O)N(CC)c3ccccc3)cc2)cc([N+](=O)[O-])c1. The van der Waals surface area contributed by atoms with Gasteiger partial charge < -0.3 is 15.0 Å². The van der Waals surface area contributed by atoms with Gasteiger partial charge in [0.1, 0.15) is 0 Å². The van der Waals surface area contributed by atoms with Crippen LogP contribution in [0.15, 0.2) is 72.8 Å². The summed E-state index contributed by atoms with van der Waals surface area (Å²) in [6.07, 6.45) is 0.185. The number of nitrogens with zero attached hydrogens (tertiary/aromatic N) is 2. The molecule has 3 rings (SSSR count). The Labute approximate surface area is 202 Å². The standard InChI is InChI=1S/C26H25N3O6/c1-3-28(22-8-6-5-7-9-22)24(30)14-18-10-12-21(13-11-18)27-25(31)19-15-20(26(32)35-4-2)17-23(16-19)29(33)34/h5-13,15-17H,3-4,14H2,1-2H3,(H,27,31). The molecule has 1 N–H and O–H groups in total. The van der Waals surface area contributed by atoms with E-state index in [1.165, 1.54) is 6.07 Å². The molecule has 0 aliphatic carbocycles. The van der Waals surface area contributed by atoms with Crippen LogP contribution in [0.3, 0.4) is 0 Å². The average Bonchev–Trinajstić information content (AvgIpc) is 2.86. The minimum atomic E-state index is -0.754. The van der Waals surface area contributed by atoms with E-state index in [2.05, 4.69) is 5.32 Å². The van der Waals surface area contributed by atoms with E-state index in [-0.39, 0.29) is 30.1 Å². The van der Waals surface area contributed by atoms with Gasteiger partial charge in [0, 0.05) is 35.6 Å². The van der Waals surface area contributed by atoms with E-state index in [1.54, 1.807) is 36.1 Å². The van der Waals surface area contributed by atoms with Crippen LogP contribution < -0.4 is 10.2 Å². The molecular formula is C26H25N3O6. The predicted octanol–water partition coefficient (Wildman–Crippen LogP) is 4.62. The molecule has 0 unspecified atom stereocenters. The van der Waals surface area contributed by atoms with Gasteiger partial charge in [-0.25, -0.2) is 4.79 Å². The monoisotopic (exact) mass is 475 g/mol. The second-order valence-electron chi connectivity index (χ2n) is 7.55. The first-order valence-corrected chi connectivity index (χ1v) is 11.0. The van der Waals surface area contributed by atoms with E-state index in [9.17, 15) is 24.5 Å². The molecule has 180 valence electrons. The summed E-state index contributed by atoms with van der Waals surface area (Å²) < 4.78 is 4.89. The quantitative estimate of drug-likeness (QED) is 0.274. The van der Waals surface area contributed by atoms with E-state index in [1.807, 2.05) is 37.3 Å². The lowest BCUT2D eigenvalue weighted by molar-refractivity contribution is -0.384. The molecule has 0 aliphatic heterocycles. The number of carbonyl (C=O) groups excluding carboxylic acids is 3. The molecule has 3 aromatic rings. The second kappa shape index (κ2) is 11.6. The molecule has 0 aliphatic rings. The van der Waals surface area contributed by atoms with Crippen molar-refractivity contribution in [2.24, 2.45) is 0 Å². The predicted molar refractivity (Wildman–Crippen MR) is 132 cm³/mol. The number of benzene rings is 3. The average molecular weight is 476 g/mol. The molecule has 0 bridgehead atoms. The van der Waals surface area contributed by atoms with Crippen molar-refractivity contribution in [2.45, 2.75) is 20.3 Å². The van der Waals surface area contributed by atoms with Crippen LogP contribution >= 0.6 is 0 Å². The highest BCUT2D eigenvalue weighted by Crippen LogP contribution is 2.20. The van der Waals surface area contributed by atoms with Crippen LogP contribution in [0.1, 0.15) is 40.1 Å². The van der Waals surface area contributed by atoms with Crippen molar-refractivity contribution in [3.63, 3.8) is 0 Å². The van der Waals surface area contributed by atoms with Crippen molar-refractivity contribution >= 4 is 34.8 Å². The number of rotatable bonds is 9. The van der Waals surface area contributed by atoms with Crippen LogP contribution in [0.4, 0.5) is 17.1 Å². The normalized spacial score (nSPS) is 10.3. The van der Waals surface area contributed by atoms with Gasteiger partial charge in [0.05, 0.1) is 23.5 Å². The second-order valence-corrected chi connectivity index (χ2v) is 7.55. The third-order valence-electron chi connectivity index (χ3n) is 5.15. The zero-order valence-electron chi connectivity index (χ0n) is 19.4. The number of non-ortho nitro benzene ring substituents is 1. The number of nitro groups is 1. The minimum absolute atomic E-state index is 0.0528. The third-order valence-corrected chi connectivity index (χ3v) is 5.15. The summed E-state index contributed by atoms with van der Waals surface area (Å²) in [5.74, 6) is -1.43. The number of ether oxygens (including phenoxy) is 1. The molecule has 35 heavy (non-hydrogen) atoms. The Kier molecular flexibility index (Phi) is 8.29. The van der Waals surface area contributed by atoms with Gasteiger partial charge in [-0.15, -0.1) is 0 Å². The van der Waals surface area contributed by atoms with E-state index < -0.39 is 22.5 Å². The number of esters is 1. The first kappa shape index (κ1) is 25.1. The Morgan fingerprint density at radius 2 is 1.60 bits per heavy atom. The number of likely N-dealkylation sites (N-methyl/N-ethyl adjacent to an activating group) is 1. The molecule has 3 aromatic carbocycles. The smallest absolute Gasteiger partial charge is 0.338 e. The van der Waals surface area contributed by atoms with Gasteiger partial charge in [-0.2, -0.15) is 0 Å². The van der Waals surface area contributed by atoms with Crippen LogP contribution in [0, 0.1) is 10.1 Å². The molecule has 0 fully saturated rings. The summed E-state index contributed by atoms with van der Waals surface area (Å²) in [5, 5.41) is 13.9. The molecule has 0 atom stereocenters. The molecule has 2 amide bonds. The van der Waals surface area contributed by atoms with Crippen molar-refractivity contribution in [3.05, 3.63) is 99.6 Å². The van der Waals surface area contributed by atoms with Gasteiger partial charge in [-0.1, -0.05) is 30.3 Å². The largest absolute Gasteiger partial charge is 0.462 e. The van der Waals surface area contributed by atoms with Gasteiger partial charge in [-0.05, 0) is 49.7 Å². The molecule has 0 saturated heterocycles. The molecule has 0 radical (unpaired) electrons. The van der Waals surface area contributed by atoms with Crippen molar-refractivity contribution < 1.29 is 24.0 Å². The number of anilines is 2. The Hall–Kier alpha value is -4.53. The Balaban J connectivity index is 1.71. The lowest BCUT2D eigenvalue weighted by Crippen LogP contribution is -2.31. The number of amides is 2. The highest BCUT2D eigenvalue weighted by Gasteiger charge is 2.19. The summed E-state index contributed by atoms with van der Waals surface area (Å²) in [4.78, 5) is 49.8. The van der Waals surface area contributed by atoms with Crippen molar-refractivity contribution in [2.75, 3.05) is 23.4 Å². The fraction of sp³-hybridized carbons (Fsp3) is 0.192. The summed E-state index contributed by atoms with van der Waals surface area (Å²) in [7, 11) is 0. The lowest BCUT2D eigenvalue weighted by Gasteiger charge is -2.21. The van der Waals surface area contributed by atoms with Crippen LogP contribution in [0.5, 0.6) is 0 Å². The number of nitro benzene ring substituents is 1. The van der Waals surface area contributed by atoms with E-state index in [0.717, 1.165) is 23.4 Å². The Bertz CT molecular complexity index is 1230. The van der Waals surface area contributed by atoms with Crippen LogP contribution in [-0.2, 0) is 16.0 Å². The third kappa shape index (κ3) is 6.50. The number of nitrogens with one attached hydrogen (secondary N) is 1. The zero-order valence-corrected chi connectivity index (χ0v) is 19.4. The maximum absolute atomic E-state index is 12.8. The van der Waals surface area contributed by atoms with Crippen LogP contribution in [0.2, 0.25) is 0 Å². The first-order chi connectivity index (χ1) is 16.8. The van der Waals surface area contributed by atoms with Gasteiger partial charge >= 0.3 is 5.97 Å². The molecule has 0 saturated carbocycles. The van der Waals surface area contributed by atoms with E-state index in [4.69, 9.17) is 4.74 Å². The zero-order chi connectivity index (χ0) is 25.4. The number of hydrogen-bond donors (Lipinski definition) is 1. The molecule has 9 heteroatoms. The van der Waals surface area contributed by atoms with E-state index in [0.29, 0.717) is 12.2 Å². The first-order valence-electron chi connectivity index (χ1n) is 11.0. The Morgan fingerprint density at radius 3 is 2.20 bits per heavy atom. The maximum atomic E-state index is 12.8. The molecule has 0 spiro atoms. The molecule has 9 nitrogen and oxygen atoms in total. The fourth-order valence-electron chi connectivity index (χ4n) is 3.47. The van der Waals surface area contributed by atoms with Crippen molar-refractivity contribution in [1.82, 2.24) is 0 Å². The summed E-state index contributed by atoms with van der Waals surface area (Å²) in [6.45, 7) is 4.15. The highest BCUT2D eigenvalue weighted by atomic mass is 16.6. The Morgan fingerprint density at radius 1 is 0.943 bits per heavy atom. The van der Waals surface area contributed by atoms with Crippen molar-refractivity contribution in [1.29, 1.82) is 0 Å². The fourth-order valence-corrected chi connectivity index (χ4v) is 3.47. The van der Waals surface area contributed by atoms with Gasteiger partial charge in [0.2, 0.25) is 5.91 Å². The molecule has 0 heterocycles. The van der Waals surface area contributed by atoms with Gasteiger partial charge in [0.25, 0.3) is 11.6 Å². The topological polar surface area (TPSA) is 119 Å². The van der Waals surface area contributed by atoms with Crippen LogP contribution in [-0.4, -0.2) is 35.9 Å². The highest BCUT2D eigenvalue weighted by molar-refractivity contribution is 6.06. The molecular weight excluding hydrogens is 450 g/mol. The lowest BCUT2D eigenvalue weighted by atomic mass is 10.1. The number of para-hydroxylation sites is 1. The van der Waals surface area contributed by atoms with Crippen molar-refractivity contribution in [3.8, 4) is 0 Å². The molecule has 0 aromatic heterocycles.